The molecule has 0 heterocycles. The average molecular weight is 197 g/mol. The second-order valence-electron chi connectivity index (χ2n) is 2.43. The van der Waals surface area contributed by atoms with Crippen LogP contribution in [0.3, 0.4) is 0 Å². The van der Waals surface area contributed by atoms with Crippen LogP contribution in [-0.4, -0.2) is 12.8 Å². The smallest absolute Gasteiger partial charge is 0.0972 e. The third-order valence-electron chi connectivity index (χ3n) is 1.23. The minimum atomic E-state index is 0.709. The first-order valence-electron chi connectivity index (χ1n) is 5.22. The number of ether oxygens (including phenoxy) is 1. The Morgan fingerprint density at radius 3 is 2.29 bits per heavy atom. The molecule has 0 amide bonds. The Labute approximate surface area is 88.4 Å². The Morgan fingerprint density at radius 2 is 1.93 bits per heavy atom. The molecule has 0 aliphatic heterocycles. The van der Waals surface area contributed by atoms with Gasteiger partial charge in [-0.2, -0.15) is 0 Å². The van der Waals surface area contributed by atoms with Gasteiger partial charge in [0.05, 0.1) is 12.4 Å². The summed E-state index contributed by atoms with van der Waals surface area (Å²) in [5, 5.41) is 0. The van der Waals surface area contributed by atoms with Crippen molar-refractivity contribution in [2.45, 2.75) is 41.0 Å². The van der Waals surface area contributed by atoms with Gasteiger partial charge in [-0.1, -0.05) is 27.4 Å². The van der Waals surface area contributed by atoms with Crippen LogP contribution in [-0.2, 0) is 4.74 Å². The predicted molar refractivity (Wildman–Crippen MR) is 64.7 cm³/mol. The fourth-order valence-corrected chi connectivity index (χ4v) is 0.701. The molecule has 0 atom stereocenters. The summed E-state index contributed by atoms with van der Waals surface area (Å²) in [5.74, 6) is 0.961. The molecule has 0 fully saturated rings. The highest BCUT2D eigenvalue weighted by molar-refractivity contribution is 5.72. The zero-order chi connectivity index (χ0) is 11.4. The van der Waals surface area contributed by atoms with Crippen LogP contribution in [0.5, 0.6) is 0 Å². The minimum absolute atomic E-state index is 0.709. The minimum Gasteiger partial charge on any atom is -0.498 e. The lowest BCUT2D eigenvalue weighted by molar-refractivity contribution is 0.222. The molecule has 0 radical (unpaired) electrons. The SMILES string of the molecule is C=C(C)N=C/C=C(\CC)OCC.CC. The molecule has 0 bridgehead atoms. The molecule has 0 aromatic heterocycles. The molecule has 2 heteroatoms. The van der Waals surface area contributed by atoms with Crippen molar-refractivity contribution in [3.05, 3.63) is 24.1 Å². The van der Waals surface area contributed by atoms with Crippen LogP contribution in [0, 0.1) is 0 Å². The molecule has 0 spiro atoms. The van der Waals surface area contributed by atoms with E-state index in [0.29, 0.717) is 6.61 Å². The monoisotopic (exact) mass is 197 g/mol. The van der Waals surface area contributed by atoms with Gasteiger partial charge in [-0.15, -0.1) is 0 Å². The highest BCUT2D eigenvalue weighted by Gasteiger charge is 1.89. The topological polar surface area (TPSA) is 21.6 Å². The third-order valence-corrected chi connectivity index (χ3v) is 1.23. The lowest BCUT2D eigenvalue weighted by atomic mass is 10.3. The molecule has 82 valence electrons. The summed E-state index contributed by atoms with van der Waals surface area (Å²) in [6.45, 7) is 14.2. The van der Waals surface area contributed by atoms with Gasteiger partial charge in [0, 0.05) is 18.3 Å². The predicted octanol–water partition coefficient (Wildman–Crippen LogP) is 3.95. The largest absolute Gasteiger partial charge is 0.498 e. The van der Waals surface area contributed by atoms with E-state index in [1.165, 1.54) is 0 Å². The summed E-state index contributed by atoms with van der Waals surface area (Å²) < 4.78 is 5.31. The van der Waals surface area contributed by atoms with E-state index >= 15 is 0 Å². The van der Waals surface area contributed by atoms with E-state index < -0.39 is 0 Å². The van der Waals surface area contributed by atoms with E-state index in [1.54, 1.807) is 6.21 Å². The van der Waals surface area contributed by atoms with Crippen LogP contribution < -0.4 is 0 Å². The van der Waals surface area contributed by atoms with Gasteiger partial charge in [0.2, 0.25) is 0 Å². The quantitative estimate of drug-likeness (QED) is 0.483. The van der Waals surface area contributed by atoms with Crippen molar-refractivity contribution < 1.29 is 4.74 Å². The molecule has 0 unspecified atom stereocenters. The van der Waals surface area contributed by atoms with Crippen molar-refractivity contribution in [3.63, 3.8) is 0 Å². The standard InChI is InChI=1S/C10H17NO.C2H6/c1-5-10(12-6-2)7-8-11-9(3)4;1-2/h7-8H,3,5-6H2,1-2,4H3;1-2H3/b10-7+,11-8?;. The second kappa shape index (κ2) is 11.9. The van der Waals surface area contributed by atoms with Crippen molar-refractivity contribution >= 4 is 6.21 Å². The molecule has 0 aliphatic rings. The van der Waals surface area contributed by atoms with Gasteiger partial charge in [-0.3, -0.25) is 4.99 Å². The Balaban J connectivity index is 0. The summed E-state index contributed by atoms with van der Waals surface area (Å²) in [4.78, 5) is 4.02. The van der Waals surface area contributed by atoms with Gasteiger partial charge in [-0.05, 0) is 19.9 Å². The maximum atomic E-state index is 5.31. The van der Waals surface area contributed by atoms with Gasteiger partial charge in [0.1, 0.15) is 0 Å². The zero-order valence-electron chi connectivity index (χ0n) is 10.1. The van der Waals surface area contributed by atoms with Crippen molar-refractivity contribution in [2.24, 2.45) is 4.99 Å². The fourth-order valence-electron chi connectivity index (χ4n) is 0.701. The van der Waals surface area contributed by atoms with Gasteiger partial charge in [0.15, 0.2) is 0 Å². The summed E-state index contributed by atoms with van der Waals surface area (Å²) in [5.41, 5.74) is 0.804. The second-order valence-corrected chi connectivity index (χ2v) is 2.43. The van der Waals surface area contributed by atoms with Crippen LogP contribution in [0.2, 0.25) is 0 Å². The number of allylic oxidation sites excluding steroid dienone is 3. The fraction of sp³-hybridized carbons (Fsp3) is 0.583. The Morgan fingerprint density at radius 1 is 1.36 bits per heavy atom. The molecule has 0 rings (SSSR count). The number of rotatable bonds is 5. The Bertz CT molecular complexity index is 192. The molecule has 0 aliphatic carbocycles. The van der Waals surface area contributed by atoms with Crippen LogP contribution in [0.1, 0.15) is 41.0 Å². The third kappa shape index (κ3) is 11.0. The maximum absolute atomic E-state index is 5.31. The number of hydrogen-bond donors (Lipinski definition) is 0. The summed E-state index contributed by atoms with van der Waals surface area (Å²) >= 11 is 0. The lowest BCUT2D eigenvalue weighted by Crippen LogP contribution is -1.90. The molecule has 0 saturated heterocycles. The lowest BCUT2D eigenvalue weighted by Gasteiger charge is -2.03. The van der Waals surface area contributed by atoms with Crippen LogP contribution >= 0.6 is 0 Å². The first-order chi connectivity index (χ1) is 6.70. The van der Waals surface area contributed by atoms with Crippen molar-refractivity contribution in [1.82, 2.24) is 0 Å². The van der Waals surface area contributed by atoms with E-state index in [9.17, 15) is 0 Å². The van der Waals surface area contributed by atoms with Gasteiger partial charge in [-0.25, -0.2) is 0 Å². The molecule has 0 saturated carbocycles. The molecular weight excluding hydrogens is 174 g/mol. The summed E-state index contributed by atoms with van der Waals surface area (Å²) in [6.07, 6.45) is 4.49. The zero-order valence-corrected chi connectivity index (χ0v) is 10.1. The van der Waals surface area contributed by atoms with Crippen molar-refractivity contribution in [2.75, 3.05) is 6.61 Å². The maximum Gasteiger partial charge on any atom is 0.0972 e. The highest BCUT2D eigenvalue weighted by atomic mass is 16.5. The molecule has 2 nitrogen and oxygen atoms in total. The van der Waals surface area contributed by atoms with E-state index in [1.807, 2.05) is 33.8 Å². The van der Waals surface area contributed by atoms with Gasteiger partial charge < -0.3 is 4.74 Å². The van der Waals surface area contributed by atoms with Crippen molar-refractivity contribution in [3.8, 4) is 0 Å². The number of nitrogens with zero attached hydrogens (tertiary/aromatic N) is 1. The molecule has 0 aromatic carbocycles. The van der Waals surface area contributed by atoms with E-state index in [-0.39, 0.29) is 0 Å². The first kappa shape index (κ1) is 15.4. The van der Waals surface area contributed by atoms with Gasteiger partial charge in [0.25, 0.3) is 0 Å². The van der Waals surface area contributed by atoms with Crippen molar-refractivity contribution in [1.29, 1.82) is 0 Å². The summed E-state index contributed by atoms with van der Waals surface area (Å²) in [6, 6.07) is 0. The molecular formula is C12H23NO. The normalized spacial score (nSPS) is 10.8. The van der Waals surface area contributed by atoms with E-state index in [4.69, 9.17) is 4.74 Å². The first-order valence-corrected chi connectivity index (χ1v) is 5.22. The molecule has 0 aromatic rings. The highest BCUT2D eigenvalue weighted by Crippen LogP contribution is 2.00. The van der Waals surface area contributed by atoms with Crippen LogP contribution in [0.25, 0.3) is 0 Å². The molecule has 0 N–H and O–H groups in total. The van der Waals surface area contributed by atoms with Crippen LogP contribution in [0.4, 0.5) is 0 Å². The molecule has 14 heavy (non-hydrogen) atoms. The number of aliphatic imine (C=N–C) groups is 1. The Kier molecular flexibility index (Phi) is 13.2. The van der Waals surface area contributed by atoms with Crippen LogP contribution in [0.15, 0.2) is 29.1 Å². The van der Waals surface area contributed by atoms with E-state index in [2.05, 4.69) is 18.5 Å². The van der Waals surface area contributed by atoms with E-state index in [0.717, 1.165) is 17.9 Å². The Hall–Kier alpha value is -1.05. The number of hydrogen-bond acceptors (Lipinski definition) is 2. The average Bonchev–Trinajstić information content (AvgIpc) is 2.19. The summed E-state index contributed by atoms with van der Waals surface area (Å²) in [7, 11) is 0. The van der Waals surface area contributed by atoms with Gasteiger partial charge >= 0.3 is 0 Å².